The fourth-order valence-corrected chi connectivity index (χ4v) is 2.88. The van der Waals surface area contributed by atoms with E-state index in [0.717, 1.165) is 32.8 Å². The number of nitrogens with zero attached hydrogens (tertiary/aromatic N) is 1. The van der Waals surface area contributed by atoms with Crippen molar-refractivity contribution in [1.82, 2.24) is 0 Å². The van der Waals surface area contributed by atoms with Gasteiger partial charge >= 0.3 is 0 Å². The lowest BCUT2D eigenvalue weighted by Gasteiger charge is -2.15. The molecule has 1 aromatic carbocycles. The van der Waals surface area contributed by atoms with E-state index in [1.807, 2.05) is 24.4 Å². The van der Waals surface area contributed by atoms with Gasteiger partial charge < -0.3 is 0 Å². The Morgan fingerprint density at radius 2 is 2.20 bits per heavy atom. The molecule has 0 saturated heterocycles. The van der Waals surface area contributed by atoms with Crippen molar-refractivity contribution in [2.24, 2.45) is 4.99 Å². The van der Waals surface area contributed by atoms with Gasteiger partial charge in [0.2, 0.25) is 0 Å². The molecule has 1 aliphatic carbocycles. The Morgan fingerprint density at radius 1 is 1.45 bits per heavy atom. The van der Waals surface area contributed by atoms with Crippen LogP contribution in [0.1, 0.15) is 37.3 Å². The Kier molecular flexibility index (Phi) is 5.00. The maximum absolute atomic E-state index is 6.09. The zero-order chi connectivity index (χ0) is 14.7. The number of fused-ring (bicyclic) bond motifs is 1. The van der Waals surface area contributed by atoms with Gasteiger partial charge in [0.05, 0.1) is 5.71 Å². The van der Waals surface area contributed by atoms with E-state index in [-0.39, 0.29) is 5.92 Å². The number of hydrogen-bond acceptors (Lipinski definition) is 1. The average molecular weight is 351 g/mol. The van der Waals surface area contributed by atoms with Crippen LogP contribution >= 0.6 is 27.5 Å². The Bertz CT molecular complexity index is 626. The van der Waals surface area contributed by atoms with Gasteiger partial charge in [-0.05, 0) is 35.8 Å². The molecule has 0 bridgehead atoms. The van der Waals surface area contributed by atoms with Crippen LogP contribution in [0.3, 0.4) is 0 Å². The minimum atomic E-state index is 0.183. The summed E-state index contributed by atoms with van der Waals surface area (Å²) in [5.74, 6) is 0.183. The highest BCUT2D eigenvalue weighted by atomic mass is 79.9. The zero-order valence-electron chi connectivity index (χ0n) is 11.7. The summed E-state index contributed by atoms with van der Waals surface area (Å²) >= 11 is 9.68. The lowest BCUT2D eigenvalue weighted by atomic mass is 9.91. The van der Waals surface area contributed by atoms with E-state index in [2.05, 4.69) is 53.5 Å². The molecule has 0 N–H and O–H groups in total. The summed E-state index contributed by atoms with van der Waals surface area (Å²) in [5, 5.41) is 0.740. The molecule has 1 nitrogen and oxygen atoms in total. The molecule has 2 rings (SSSR count). The van der Waals surface area contributed by atoms with E-state index in [9.17, 15) is 0 Å². The van der Waals surface area contributed by atoms with Crippen LogP contribution in [-0.4, -0.2) is 5.71 Å². The van der Waals surface area contributed by atoms with Gasteiger partial charge in [0.15, 0.2) is 0 Å². The predicted molar refractivity (Wildman–Crippen MR) is 92.8 cm³/mol. The van der Waals surface area contributed by atoms with E-state index < -0.39 is 0 Å². The van der Waals surface area contributed by atoms with E-state index in [0.29, 0.717) is 0 Å². The predicted octanol–water partition coefficient (Wildman–Crippen LogP) is 6.11. The molecule has 0 radical (unpaired) electrons. The van der Waals surface area contributed by atoms with Gasteiger partial charge in [0, 0.05) is 27.2 Å². The van der Waals surface area contributed by atoms with Crippen molar-refractivity contribution >= 4 is 39.3 Å². The first kappa shape index (κ1) is 15.3. The fraction of sp³-hybridized carbons (Fsp3) is 0.235. The molecule has 1 aliphatic rings. The van der Waals surface area contributed by atoms with Gasteiger partial charge in [0.1, 0.15) is 0 Å². The largest absolute Gasteiger partial charge is 0.260 e. The Labute approximate surface area is 133 Å². The van der Waals surface area contributed by atoms with Crippen LogP contribution in [0.5, 0.6) is 0 Å². The fourth-order valence-electron chi connectivity index (χ4n) is 2.25. The molecule has 104 valence electrons. The van der Waals surface area contributed by atoms with Crippen molar-refractivity contribution in [3.63, 3.8) is 0 Å². The zero-order valence-corrected chi connectivity index (χ0v) is 14.0. The van der Waals surface area contributed by atoms with Crippen LogP contribution in [0.4, 0.5) is 0 Å². The Morgan fingerprint density at radius 3 is 2.90 bits per heavy atom. The number of hydrogen-bond donors (Lipinski definition) is 0. The van der Waals surface area contributed by atoms with Crippen molar-refractivity contribution < 1.29 is 0 Å². The monoisotopic (exact) mass is 349 g/mol. The maximum atomic E-state index is 6.09. The maximum Gasteiger partial charge on any atom is 0.0553 e. The molecule has 0 saturated carbocycles. The lowest BCUT2D eigenvalue weighted by Crippen LogP contribution is -2.11. The topological polar surface area (TPSA) is 12.4 Å². The molecule has 0 heterocycles. The highest BCUT2D eigenvalue weighted by Crippen LogP contribution is 2.36. The van der Waals surface area contributed by atoms with E-state index in [1.165, 1.54) is 5.56 Å². The first-order valence-corrected chi connectivity index (χ1v) is 7.80. The van der Waals surface area contributed by atoms with Crippen LogP contribution < -0.4 is 0 Å². The number of allylic oxidation sites excluding steroid dienone is 3. The average Bonchev–Trinajstić information content (AvgIpc) is 2.49. The van der Waals surface area contributed by atoms with Gasteiger partial charge in [-0.2, -0.15) is 0 Å². The van der Waals surface area contributed by atoms with Crippen molar-refractivity contribution in [2.45, 2.75) is 26.2 Å². The van der Waals surface area contributed by atoms with E-state index in [1.54, 1.807) is 0 Å². The lowest BCUT2D eigenvalue weighted by molar-refractivity contribution is 1.02. The van der Waals surface area contributed by atoms with Gasteiger partial charge in [-0.15, -0.1) is 0 Å². The second-order valence-corrected chi connectivity index (χ2v) is 6.06. The van der Waals surface area contributed by atoms with Crippen molar-refractivity contribution in [3.8, 4) is 0 Å². The second-order valence-electron chi connectivity index (χ2n) is 4.77. The highest BCUT2D eigenvalue weighted by molar-refractivity contribution is 9.12. The molecule has 0 amide bonds. The third-order valence-electron chi connectivity index (χ3n) is 3.36. The summed E-state index contributed by atoms with van der Waals surface area (Å²) in [5.41, 5.74) is 4.24. The molecule has 20 heavy (non-hydrogen) atoms. The first-order chi connectivity index (χ1) is 9.54. The van der Waals surface area contributed by atoms with Crippen molar-refractivity contribution in [1.29, 1.82) is 0 Å². The number of halogens is 2. The van der Waals surface area contributed by atoms with Crippen LogP contribution in [0, 0.1) is 0 Å². The minimum Gasteiger partial charge on any atom is -0.260 e. The molecular weight excluding hydrogens is 334 g/mol. The summed E-state index contributed by atoms with van der Waals surface area (Å²) in [6.07, 6.45) is 6.93. The van der Waals surface area contributed by atoms with Crippen molar-refractivity contribution in [2.75, 3.05) is 0 Å². The smallest absolute Gasteiger partial charge is 0.0553 e. The molecule has 0 aliphatic heterocycles. The normalized spacial score (nSPS) is 21.0. The standard InChI is InChI=1S/C17H17BrClN/c1-4-5-8-20-17-11(2)15-7-6-14(19)9-13(15)10-16(18)12(17)3/h5-11H,3-4H2,1-2H3/b8-5-,20-17?. The first-order valence-electron chi connectivity index (χ1n) is 6.63. The van der Waals surface area contributed by atoms with Gasteiger partial charge in [-0.3, -0.25) is 4.99 Å². The summed E-state index contributed by atoms with van der Waals surface area (Å²) < 4.78 is 0.953. The van der Waals surface area contributed by atoms with Gasteiger partial charge in [-0.25, -0.2) is 0 Å². The SMILES string of the molecule is C=C1C(Br)=Cc2cc(Cl)ccc2C(C)C1=N/C=C\CC. The summed E-state index contributed by atoms with van der Waals surface area (Å²) in [6, 6.07) is 5.97. The minimum absolute atomic E-state index is 0.183. The van der Waals surface area contributed by atoms with Crippen molar-refractivity contribution in [3.05, 3.63) is 63.3 Å². The quantitative estimate of drug-likeness (QED) is 0.610. The second kappa shape index (κ2) is 6.55. The highest BCUT2D eigenvalue weighted by Gasteiger charge is 2.23. The molecular formula is C17H17BrClN. The Hall–Kier alpha value is -1.12. The molecule has 1 atom stereocenters. The van der Waals surface area contributed by atoms with Crippen LogP contribution in [0.2, 0.25) is 5.02 Å². The molecule has 0 fully saturated rings. The molecule has 1 unspecified atom stereocenters. The molecule has 3 heteroatoms. The number of benzene rings is 1. The summed E-state index contributed by atoms with van der Waals surface area (Å²) in [6.45, 7) is 8.40. The third-order valence-corrected chi connectivity index (χ3v) is 4.30. The van der Waals surface area contributed by atoms with Crippen LogP contribution in [0.15, 0.2) is 52.1 Å². The summed E-state index contributed by atoms with van der Waals surface area (Å²) in [4.78, 5) is 4.60. The van der Waals surface area contributed by atoms with E-state index in [4.69, 9.17) is 11.6 Å². The van der Waals surface area contributed by atoms with Gasteiger partial charge in [0.25, 0.3) is 0 Å². The number of aliphatic imine (C=N–C) groups is 1. The Balaban J connectivity index is 2.56. The van der Waals surface area contributed by atoms with Gasteiger partial charge in [-0.1, -0.05) is 60.1 Å². The molecule has 0 spiro atoms. The van der Waals surface area contributed by atoms with E-state index >= 15 is 0 Å². The molecule has 1 aromatic rings. The third kappa shape index (κ3) is 3.13. The molecule has 0 aromatic heterocycles. The van der Waals surface area contributed by atoms with Crippen LogP contribution in [-0.2, 0) is 0 Å². The summed E-state index contributed by atoms with van der Waals surface area (Å²) in [7, 11) is 0. The number of rotatable bonds is 2. The van der Waals surface area contributed by atoms with Crippen LogP contribution in [0.25, 0.3) is 6.08 Å².